The molecule has 0 spiro atoms. The molecule has 1 saturated heterocycles. The zero-order valence-corrected chi connectivity index (χ0v) is 10.6. The molecule has 4 heteroatoms. The Morgan fingerprint density at radius 2 is 2.38 bits per heavy atom. The second kappa shape index (κ2) is 4.97. The minimum atomic E-state index is 0.209. The van der Waals surface area contributed by atoms with Crippen molar-refractivity contribution >= 4 is 17.2 Å². The molecule has 1 fully saturated rings. The van der Waals surface area contributed by atoms with Crippen molar-refractivity contribution in [2.24, 2.45) is 0 Å². The van der Waals surface area contributed by atoms with Gasteiger partial charge in [0.25, 0.3) is 5.91 Å². The van der Waals surface area contributed by atoms with Crippen LogP contribution < -0.4 is 5.32 Å². The fourth-order valence-corrected chi connectivity index (χ4v) is 2.79. The molecule has 1 aromatic heterocycles. The zero-order valence-electron chi connectivity index (χ0n) is 9.82. The van der Waals surface area contributed by atoms with Crippen LogP contribution >= 0.6 is 11.3 Å². The van der Waals surface area contributed by atoms with E-state index in [-0.39, 0.29) is 5.91 Å². The fourth-order valence-electron chi connectivity index (χ4n) is 1.91. The topological polar surface area (TPSA) is 32.3 Å². The second-order valence-corrected chi connectivity index (χ2v) is 5.16. The van der Waals surface area contributed by atoms with Gasteiger partial charge in [0.05, 0.1) is 10.9 Å². The summed E-state index contributed by atoms with van der Waals surface area (Å²) in [5.74, 6) is 0.209. The van der Waals surface area contributed by atoms with Crippen molar-refractivity contribution in [3.63, 3.8) is 0 Å². The number of amides is 1. The van der Waals surface area contributed by atoms with Crippen LogP contribution in [-0.4, -0.2) is 36.5 Å². The quantitative estimate of drug-likeness (QED) is 0.868. The number of thiophene rings is 1. The molecule has 0 aromatic carbocycles. The Bertz CT molecular complexity index is 371. The molecule has 1 amide bonds. The number of hydrogen-bond acceptors (Lipinski definition) is 3. The molecule has 0 bridgehead atoms. The molecule has 0 saturated carbocycles. The summed E-state index contributed by atoms with van der Waals surface area (Å²) < 4.78 is 0. The molecule has 88 valence electrons. The lowest BCUT2D eigenvalue weighted by atomic mass is 10.1. The van der Waals surface area contributed by atoms with Crippen LogP contribution in [0.25, 0.3) is 0 Å². The largest absolute Gasteiger partial charge is 0.332 e. The van der Waals surface area contributed by atoms with Crippen molar-refractivity contribution in [1.29, 1.82) is 0 Å². The van der Waals surface area contributed by atoms with E-state index in [1.54, 1.807) is 11.3 Å². The van der Waals surface area contributed by atoms with E-state index >= 15 is 0 Å². The normalized spacial score (nSPS) is 15.9. The maximum Gasteiger partial charge on any atom is 0.264 e. The van der Waals surface area contributed by atoms with E-state index in [9.17, 15) is 4.79 Å². The van der Waals surface area contributed by atoms with E-state index in [1.807, 2.05) is 23.3 Å². The van der Waals surface area contributed by atoms with E-state index in [2.05, 4.69) is 12.2 Å². The molecule has 0 aliphatic carbocycles. The molecule has 1 N–H and O–H groups in total. The van der Waals surface area contributed by atoms with E-state index in [0.29, 0.717) is 6.04 Å². The highest BCUT2D eigenvalue weighted by atomic mass is 32.1. The van der Waals surface area contributed by atoms with Crippen LogP contribution in [-0.2, 0) is 0 Å². The molecule has 1 aromatic rings. The Morgan fingerprint density at radius 1 is 1.62 bits per heavy atom. The first-order chi connectivity index (χ1) is 7.74. The van der Waals surface area contributed by atoms with Gasteiger partial charge in [0.2, 0.25) is 0 Å². The molecular weight excluding hydrogens is 220 g/mol. The predicted molar refractivity (Wildman–Crippen MR) is 67.0 cm³/mol. The average Bonchev–Trinajstić information content (AvgIpc) is 2.60. The second-order valence-electron chi connectivity index (χ2n) is 4.24. The molecule has 2 heterocycles. The lowest BCUT2D eigenvalue weighted by Crippen LogP contribution is -2.59. The van der Waals surface area contributed by atoms with Crippen molar-refractivity contribution < 1.29 is 4.79 Å². The molecule has 0 radical (unpaired) electrons. The highest BCUT2D eigenvalue weighted by Crippen LogP contribution is 2.20. The number of carbonyl (C=O) groups is 1. The number of nitrogens with zero attached hydrogens (tertiary/aromatic N) is 1. The van der Waals surface area contributed by atoms with Crippen molar-refractivity contribution in [2.45, 2.75) is 26.3 Å². The van der Waals surface area contributed by atoms with Crippen LogP contribution in [0.1, 0.15) is 28.6 Å². The van der Waals surface area contributed by atoms with Gasteiger partial charge in [0.15, 0.2) is 0 Å². The van der Waals surface area contributed by atoms with E-state index in [0.717, 1.165) is 36.5 Å². The minimum Gasteiger partial charge on any atom is -0.332 e. The van der Waals surface area contributed by atoms with Gasteiger partial charge in [-0.15, -0.1) is 11.3 Å². The van der Waals surface area contributed by atoms with Crippen molar-refractivity contribution in [2.75, 3.05) is 19.6 Å². The van der Waals surface area contributed by atoms with Gasteiger partial charge in [-0.1, -0.05) is 6.92 Å². The van der Waals surface area contributed by atoms with Gasteiger partial charge in [-0.3, -0.25) is 4.79 Å². The Morgan fingerprint density at radius 3 is 2.81 bits per heavy atom. The third-order valence-electron chi connectivity index (χ3n) is 2.98. The van der Waals surface area contributed by atoms with Gasteiger partial charge in [0.1, 0.15) is 0 Å². The molecule has 16 heavy (non-hydrogen) atoms. The van der Waals surface area contributed by atoms with Crippen LogP contribution in [0.15, 0.2) is 11.4 Å². The molecule has 2 rings (SSSR count). The summed E-state index contributed by atoms with van der Waals surface area (Å²) in [5.41, 5.74) is 1.10. The third kappa shape index (κ3) is 2.13. The highest BCUT2D eigenvalue weighted by Gasteiger charge is 2.29. The van der Waals surface area contributed by atoms with Crippen LogP contribution in [0, 0.1) is 6.92 Å². The highest BCUT2D eigenvalue weighted by molar-refractivity contribution is 7.12. The fraction of sp³-hybridized carbons (Fsp3) is 0.583. The van der Waals surface area contributed by atoms with Gasteiger partial charge >= 0.3 is 0 Å². The number of hydrogen-bond donors (Lipinski definition) is 1. The first-order valence-corrected chi connectivity index (χ1v) is 6.67. The van der Waals surface area contributed by atoms with Gasteiger partial charge in [-0.2, -0.15) is 0 Å². The van der Waals surface area contributed by atoms with E-state index < -0.39 is 0 Å². The molecular formula is C12H18N2OS. The van der Waals surface area contributed by atoms with Gasteiger partial charge in [0, 0.05) is 19.6 Å². The van der Waals surface area contributed by atoms with Crippen LogP contribution in [0.3, 0.4) is 0 Å². The lowest BCUT2D eigenvalue weighted by molar-refractivity contribution is 0.0620. The summed E-state index contributed by atoms with van der Waals surface area (Å²) in [6.07, 6.45) is 1.02. The maximum atomic E-state index is 12.4. The maximum absolute atomic E-state index is 12.4. The smallest absolute Gasteiger partial charge is 0.264 e. The number of aryl methyl sites for hydroxylation is 1. The van der Waals surface area contributed by atoms with Crippen molar-refractivity contribution in [3.05, 3.63) is 21.9 Å². The summed E-state index contributed by atoms with van der Waals surface area (Å²) >= 11 is 1.55. The Kier molecular flexibility index (Phi) is 3.61. The Labute approximate surface area is 100 Å². The zero-order chi connectivity index (χ0) is 11.5. The minimum absolute atomic E-state index is 0.209. The summed E-state index contributed by atoms with van der Waals surface area (Å²) in [7, 11) is 0. The van der Waals surface area contributed by atoms with Crippen LogP contribution in [0.2, 0.25) is 0 Å². The standard InChI is InChI=1S/C12H18N2OS/c1-3-5-14(10-7-13-8-10)12(15)11-9(2)4-6-16-11/h4,6,10,13H,3,5,7-8H2,1-2H3. The number of carbonyl (C=O) groups excluding carboxylic acids is 1. The summed E-state index contributed by atoms with van der Waals surface area (Å²) in [5, 5.41) is 5.22. The Hall–Kier alpha value is -0.870. The molecule has 1 aliphatic rings. The molecule has 1 aliphatic heterocycles. The first kappa shape index (κ1) is 11.6. The SMILES string of the molecule is CCCN(C(=O)c1sccc1C)C1CNC1. The van der Waals surface area contributed by atoms with Gasteiger partial charge in [-0.25, -0.2) is 0 Å². The van der Waals surface area contributed by atoms with E-state index in [4.69, 9.17) is 0 Å². The van der Waals surface area contributed by atoms with Crippen LogP contribution in [0.4, 0.5) is 0 Å². The molecule has 0 atom stereocenters. The van der Waals surface area contributed by atoms with Gasteiger partial charge in [-0.05, 0) is 30.4 Å². The first-order valence-electron chi connectivity index (χ1n) is 5.79. The summed E-state index contributed by atoms with van der Waals surface area (Å²) in [6, 6.07) is 2.41. The monoisotopic (exact) mass is 238 g/mol. The lowest BCUT2D eigenvalue weighted by Gasteiger charge is -2.38. The predicted octanol–water partition coefficient (Wildman–Crippen LogP) is 1.88. The summed E-state index contributed by atoms with van der Waals surface area (Å²) in [6.45, 7) is 6.87. The van der Waals surface area contributed by atoms with Crippen LogP contribution in [0.5, 0.6) is 0 Å². The Balaban J connectivity index is 2.13. The van der Waals surface area contributed by atoms with Gasteiger partial charge < -0.3 is 10.2 Å². The summed E-state index contributed by atoms with van der Waals surface area (Å²) in [4.78, 5) is 15.3. The molecule has 0 unspecified atom stereocenters. The number of rotatable bonds is 4. The number of nitrogens with one attached hydrogen (secondary N) is 1. The van der Waals surface area contributed by atoms with E-state index in [1.165, 1.54) is 0 Å². The third-order valence-corrected chi connectivity index (χ3v) is 3.99. The van der Waals surface area contributed by atoms with Crippen molar-refractivity contribution in [1.82, 2.24) is 10.2 Å². The van der Waals surface area contributed by atoms with Crippen molar-refractivity contribution in [3.8, 4) is 0 Å². The average molecular weight is 238 g/mol. The molecule has 3 nitrogen and oxygen atoms in total.